The lowest BCUT2D eigenvalue weighted by Gasteiger charge is -2.11. The molecule has 0 spiro atoms. The van der Waals surface area contributed by atoms with Gasteiger partial charge in [0.1, 0.15) is 5.82 Å². The summed E-state index contributed by atoms with van der Waals surface area (Å²) in [6.07, 6.45) is 7.94. The molecular weight excluding hydrogens is 295 g/mol. The van der Waals surface area contributed by atoms with E-state index in [0.717, 1.165) is 23.4 Å². The quantitative estimate of drug-likeness (QED) is 0.734. The Balaban J connectivity index is 1.72. The van der Waals surface area contributed by atoms with Crippen LogP contribution in [0.2, 0.25) is 0 Å². The number of aromatic nitrogens is 3. The van der Waals surface area contributed by atoms with Crippen molar-refractivity contribution < 1.29 is 9.13 Å². The van der Waals surface area contributed by atoms with Crippen molar-refractivity contribution in [2.24, 2.45) is 0 Å². The Kier molecular flexibility index (Phi) is 4.52. The van der Waals surface area contributed by atoms with Gasteiger partial charge in [0.15, 0.2) is 5.82 Å². The van der Waals surface area contributed by atoms with Crippen LogP contribution in [0.5, 0.6) is 5.88 Å². The Bertz CT molecular complexity index is 774. The average molecular weight is 312 g/mol. The van der Waals surface area contributed by atoms with Crippen LogP contribution < -0.4 is 10.1 Å². The predicted octanol–water partition coefficient (Wildman–Crippen LogP) is 3.16. The van der Waals surface area contributed by atoms with Crippen molar-refractivity contribution in [2.45, 2.75) is 13.0 Å². The van der Waals surface area contributed by atoms with Gasteiger partial charge in [0, 0.05) is 37.8 Å². The highest BCUT2D eigenvalue weighted by Gasteiger charge is 2.07. The Morgan fingerprint density at radius 3 is 2.91 bits per heavy atom. The van der Waals surface area contributed by atoms with E-state index in [9.17, 15) is 4.39 Å². The van der Waals surface area contributed by atoms with E-state index in [1.54, 1.807) is 12.4 Å². The minimum atomic E-state index is -0.472. The Labute approximate surface area is 133 Å². The molecule has 23 heavy (non-hydrogen) atoms. The van der Waals surface area contributed by atoms with Crippen molar-refractivity contribution in [3.05, 3.63) is 71.6 Å². The summed E-state index contributed by atoms with van der Waals surface area (Å²) < 4.78 is 18.5. The second kappa shape index (κ2) is 6.91. The van der Waals surface area contributed by atoms with Crippen LogP contribution in [0, 0.1) is 5.82 Å². The van der Waals surface area contributed by atoms with Crippen molar-refractivity contribution in [2.75, 3.05) is 12.4 Å². The maximum absolute atomic E-state index is 13.7. The van der Waals surface area contributed by atoms with Crippen molar-refractivity contribution in [3.8, 4) is 5.88 Å². The molecule has 3 aromatic rings. The fraction of sp³-hybridized carbons (Fsp3) is 0.176. The molecule has 0 saturated carbocycles. The second-order valence-electron chi connectivity index (χ2n) is 5.10. The number of anilines is 1. The van der Waals surface area contributed by atoms with Crippen LogP contribution in [-0.2, 0) is 13.0 Å². The van der Waals surface area contributed by atoms with Gasteiger partial charge in [-0.3, -0.25) is 0 Å². The van der Waals surface area contributed by atoms with Gasteiger partial charge in [-0.15, -0.1) is 0 Å². The fourth-order valence-corrected chi connectivity index (χ4v) is 2.33. The number of aromatic amines is 1. The minimum Gasteiger partial charge on any atom is -0.479 e. The van der Waals surface area contributed by atoms with Gasteiger partial charge in [-0.05, 0) is 34.9 Å². The van der Waals surface area contributed by atoms with Gasteiger partial charge >= 0.3 is 0 Å². The minimum absolute atomic E-state index is 0.000247. The summed E-state index contributed by atoms with van der Waals surface area (Å²) in [5, 5.41) is 3.24. The number of methoxy groups -OCH3 is 1. The summed E-state index contributed by atoms with van der Waals surface area (Å²) in [7, 11) is 1.39. The summed E-state index contributed by atoms with van der Waals surface area (Å²) in [4.78, 5) is 11.3. The molecule has 0 saturated heterocycles. The number of nitrogens with zero attached hydrogens (tertiary/aromatic N) is 2. The number of ether oxygens (including phenoxy) is 1. The Morgan fingerprint density at radius 2 is 2.17 bits per heavy atom. The van der Waals surface area contributed by atoms with Crippen molar-refractivity contribution in [1.82, 2.24) is 15.0 Å². The molecule has 0 aliphatic rings. The number of hydrogen-bond acceptors (Lipinski definition) is 4. The van der Waals surface area contributed by atoms with Crippen LogP contribution in [0.15, 0.2) is 49.1 Å². The first-order valence-electron chi connectivity index (χ1n) is 7.24. The predicted molar refractivity (Wildman–Crippen MR) is 85.9 cm³/mol. The highest BCUT2D eigenvalue weighted by atomic mass is 19.1. The number of H-pyrrole nitrogens is 1. The van der Waals surface area contributed by atoms with E-state index in [2.05, 4.69) is 20.3 Å². The molecule has 0 atom stereocenters. The van der Waals surface area contributed by atoms with Gasteiger partial charge in [-0.2, -0.15) is 0 Å². The van der Waals surface area contributed by atoms with Crippen LogP contribution in [0.25, 0.3) is 0 Å². The first kappa shape index (κ1) is 15.0. The van der Waals surface area contributed by atoms with E-state index in [0.29, 0.717) is 6.54 Å². The standard InChI is InChI=1S/C17H17FN4O/c1-23-17-15(18)8-13(11-22-17)10-21-16-14(3-2-5-20-16)7-12-4-6-19-9-12/h2-6,8-9,11,19H,7,10H2,1H3,(H,20,21). The van der Waals surface area contributed by atoms with E-state index in [1.165, 1.54) is 18.7 Å². The molecule has 3 heterocycles. The largest absolute Gasteiger partial charge is 0.479 e. The van der Waals surface area contributed by atoms with Gasteiger partial charge in [0.05, 0.1) is 7.11 Å². The molecule has 0 unspecified atom stereocenters. The highest BCUT2D eigenvalue weighted by Crippen LogP contribution is 2.18. The highest BCUT2D eigenvalue weighted by molar-refractivity contribution is 5.46. The zero-order valence-electron chi connectivity index (χ0n) is 12.7. The molecule has 0 amide bonds. The monoisotopic (exact) mass is 312 g/mol. The number of hydrogen-bond donors (Lipinski definition) is 2. The van der Waals surface area contributed by atoms with Gasteiger partial charge in [-0.1, -0.05) is 6.07 Å². The maximum atomic E-state index is 13.7. The smallest absolute Gasteiger partial charge is 0.250 e. The first-order valence-corrected chi connectivity index (χ1v) is 7.24. The summed E-state index contributed by atoms with van der Waals surface area (Å²) in [6, 6.07) is 7.37. The third-order valence-corrected chi connectivity index (χ3v) is 3.47. The van der Waals surface area contributed by atoms with E-state index < -0.39 is 5.82 Å². The van der Waals surface area contributed by atoms with Crippen LogP contribution in [0.4, 0.5) is 10.2 Å². The normalized spacial score (nSPS) is 10.5. The second-order valence-corrected chi connectivity index (χ2v) is 5.10. The zero-order valence-corrected chi connectivity index (χ0v) is 12.7. The van der Waals surface area contributed by atoms with Crippen molar-refractivity contribution >= 4 is 5.82 Å². The molecule has 0 radical (unpaired) electrons. The van der Waals surface area contributed by atoms with Crippen LogP contribution in [-0.4, -0.2) is 22.1 Å². The lowest BCUT2D eigenvalue weighted by Crippen LogP contribution is -2.06. The van der Waals surface area contributed by atoms with E-state index in [4.69, 9.17) is 4.74 Å². The number of halogens is 1. The molecule has 0 aromatic carbocycles. The molecule has 6 heteroatoms. The van der Waals surface area contributed by atoms with Gasteiger partial charge in [0.2, 0.25) is 5.88 Å². The van der Waals surface area contributed by atoms with Gasteiger partial charge in [0.25, 0.3) is 0 Å². The summed E-state index contributed by atoms with van der Waals surface area (Å²) in [6.45, 7) is 0.436. The van der Waals surface area contributed by atoms with Crippen LogP contribution in [0.3, 0.4) is 0 Å². The molecule has 0 aliphatic heterocycles. The first-order chi connectivity index (χ1) is 11.3. The van der Waals surface area contributed by atoms with E-state index in [1.807, 2.05) is 30.6 Å². The topological polar surface area (TPSA) is 62.8 Å². The molecule has 118 valence electrons. The molecule has 3 rings (SSSR count). The lowest BCUT2D eigenvalue weighted by atomic mass is 10.1. The third-order valence-electron chi connectivity index (χ3n) is 3.47. The van der Waals surface area contributed by atoms with Gasteiger partial charge in [-0.25, -0.2) is 14.4 Å². The molecule has 3 aromatic heterocycles. The number of nitrogens with one attached hydrogen (secondary N) is 2. The SMILES string of the molecule is COc1ncc(CNc2ncccc2Cc2cc[nH]c2)cc1F. The molecule has 0 fully saturated rings. The van der Waals surface area contributed by atoms with Crippen molar-refractivity contribution in [1.29, 1.82) is 0 Å². The summed E-state index contributed by atoms with van der Waals surface area (Å²) in [5.74, 6) is 0.310. The van der Waals surface area contributed by atoms with E-state index >= 15 is 0 Å². The molecular formula is C17H17FN4O. The summed E-state index contributed by atoms with van der Waals surface area (Å²) >= 11 is 0. The number of pyridine rings is 2. The van der Waals surface area contributed by atoms with Gasteiger partial charge < -0.3 is 15.0 Å². The maximum Gasteiger partial charge on any atom is 0.250 e. The van der Waals surface area contributed by atoms with Crippen LogP contribution in [0.1, 0.15) is 16.7 Å². The zero-order chi connectivity index (χ0) is 16.1. The average Bonchev–Trinajstić information content (AvgIpc) is 3.07. The van der Waals surface area contributed by atoms with Crippen molar-refractivity contribution in [3.63, 3.8) is 0 Å². The Hall–Kier alpha value is -2.89. The Morgan fingerprint density at radius 1 is 1.26 bits per heavy atom. The molecule has 0 bridgehead atoms. The third kappa shape index (κ3) is 3.66. The molecule has 2 N–H and O–H groups in total. The summed E-state index contributed by atoms with van der Waals surface area (Å²) in [5.41, 5.74) is 2.98. The van der Waals surface area contributed by atoms with Crippen LogP contribution >= 0.6 is 0 Å². The lowest BCUT2D eigenvalue weighted by molar-refractivity contribution is 0.368. The fourth-order valence-electron chi connectivity index (χ4n) is 2.33. The van der Waals surface area contributed by atoms with E-state index in [-0.39, 0.29) is 5.88 Å². The molecule has 5 nitrogen and oxygen atoms in total. The number of rotatable bonds is 6. The molecule has 0 aliphatic carbocycles.